The average Bonchev–Trinajstić information content (AvgIpc) is 2.17. The number of nitrogens with one attached hydrogen (secondary N) is 1. The Balaban J connectivity index is 2.95. The monoisotopic (exact) mass is 274 g/mol. The van der Waals surface area contributed by atoms with Gasteiger partial charge in [-0.2, -0.15) is 13.2 Å². The van der Waals surface area contributed by atoms with E-state index >= 15 is 0 Å². The quantitative estimate of drug-likeness (QED) is 0.873. The van der Waals surface area contributed by atoms with E-state index < -0.39 is 31.5 Å². The van der Waals surface area contributed by atoms with Crippen LogP contribution in [0, 0.1) is 0 Å². The molecule has 1 atom stereocenters. The van der Waals surface area contributed by atoms with Crippen LogP contribution in [0.25, 0.3) is 0 Å². The Bertz CT molecular complexity index is 485. The number of sulfonamides is 1. The van der Waals surface area contributed by atoms with E-state index in [1.165, 1.54) is 12.1 Å². The standard InChI is InChI=1S/C6H5F3N2O3S2/c7-6(8,9)15(12)11-16(13,14)5-3-1-2-4-10-5/h1-4,11H. The van der Waals surface area contributed by atoms with E-state index in [-0.39, 0.29) is 0 Å². The molecule has 1 rings (SSSR count). The molecule has 0 amide bonds. The number of nitrogens with zero attached hydrogens (tertiary/aromatic N) is 1. The first-order valence-electron chi connectivity index (χ1n) is 3.65. The summed E-state index contributed by atoms with van der Waals surface area (Å²) in [5, 5.41) is -0.632. The van der Waals surface area contributed by atoms with Crippen LogP contribution in [0.3, 0.4) is 0 Å². The highest BCUT2D eigenvalue weighted by atomic mass is 32.3. The van der Waals surface area contributed by atoms with Crippen molar-refractivity contribution in [1.82, 2.24) is 9.11 Å². The smallest absolute Gasteiger partial charge is 0.243 e. The minimum Gasteiger partial charge on any atom is -0.243 e. The first kappa shape index (κ1) is 13.1. The molecule has 90 valence electrons. The van der Waals surface area contributed by atoms with Gasteiger partial charge in [-0.15, -0.1) is 4.13 Å². The highest BCUT2D eigenvalue weighted by molar-refractivity contribution is 8.02. The minimum absolute atomic E-state index is 0.632. The van der Waals surface area contributed by atoms with Crippen molar-refractivity contribution in [2.24, 2.45) is 0 Å². The molecule has 0 bridgehead atoms. The highest BCUT2D eigenvalue weighted by Crippen LogP contribution is 2.19. The molecule has 0 saturated heterocycles. The second-order valence-corrected chi connectivity index (χ2v) is 5.56. The zero-order valence-electron chi connectivity index (χ0n) is 7.43. The van der Waals surface area contributed by atoms with Crippen LogP contribution in [-0.4, -0.2) is 23.1 Å². The number of alkyl halides is 3. The summed E-state index contributed by atoms with van der Waals surface area (Å²) in [6, 6.07) is 3.65. The maximum absolute atomic E-state index is 11.8. The van der Waals surface area contributed by atoms with Crippen LogP contribution in [0.4, 0.5) is 13.2 Å². The molecule has 0 radical (unpaired) electrons. The van der Waals surface area contributed by atoms with Gasteiger partial charge in [-0.3, -0.25) is 0 Å². The van der Waals surface area contributed by atoms with E-state index in [2.05, 4.69) is 4.98 Å². The Morgan fingerprint density at radius 2 is 1.94 bits per heavy atom. The molecule has 0 aliphatic carbocycles. The number of pyridine rings is 1. The topological polar surface area (TPSA) is 76.1 Å². The molecular weight excluding hydrogens is 269 g/mol. The molecule has 0 aliphatic heterocycles. The lowest BCUT2D eigenvalue weighted by Crippen LogP contribution is -2.35. The van der Waals surface area contributed by atoms with E-state index in [0.29, 0.717) is 0 Å². The lowest BCUT2D eigenvalue weighted by molar-refractivity contribution is -0.0389. The van der Waals surface area contributed by atoms with Gasteiger partial charge in [-0.1, -0.05) is 6.07 Å². The molecule has 1 aromatic heterocycles. The van der Waals surface area contributed by atoms with Crippen molar-refractivity contribution in [1.29, 1.82) is 0 Å². The number of hydrogen-bond donors (Lipinski definition) is 1. The van der Waals surface area contributed by atoms with Gasteiger partial charge in [0, 0.05) is 6.20 Å². The summed E-state index contributed by atoms with van der Waals surface area (Å²) < 4.78 is 69.5. The zero-order chi connectivity index (χ0) is 12.4. The molecule has 16 heavy (non-hydrogen) atoms. The van der Waals surface area contributed by atoms with Gasteiger partial charge in [0.25, 0.3) is 10.0 Å². The van der Waals surface area contributed by atoms with Crippen molar-refractivity contribution in [3.8, 4) is 0 Å². The predicted octanol–water partition coefficient (Wildman–Crippen LogP) is 0.543. The van der Waals surface area contributed by atoms with E-state index in [0.717, 1.165) is 16.4 Å². The van der Waals surface area contributed by atoms with Crippen molar-refractivity contribution in [3.05, 3.63) is 24.4 Å². The molecule has 0 aromatic carbocycles. The first-order valence-corrected chi connectivity index (χ1v) is 6.29. The van der Waals surface area contributed by atoms with E-state index in [1.807, 2.05) is 0 Å². The molecule has 1 unspecified atom stereocenters. The minimum atomic E-state index is -5.15. The Kier molecular flexibility index (Phi) is 3.65. The molecule has 0 saturated carbocycles. The van der Waals surface area contributed by atoms with Crippen LogP contribution >= 0.6 is 0 Å². The zero-order valence-corrected chi connectivity index (χ0v) is 9.06. The maximum Gasteiger partial charge on any atom is 0.486 e. The molecule has 0 spiro atoms. The van der Waals surface area contributed by atoms with E-state index in [4.69, 9.17) is 0 Å². The molecule has 5 nitrogen and oxygen atoms in total. The summed E-state index contributed by atoms with van der Waals surface area (Å²) in [6.45, 7) is 0. The third-order valence-corrected chi connectivity index (χ3v) is 4.00. The van der Waals surface area contributed by atoms with Crippen LogP contribution in [0.2, 0.25) is 0 Å². The number of hydrogen-bond acceptors (Lipinski definition) is 4. The van der Waals surface area contributed by atoms with Crippen LogP contribution in [0.5, 0.6) is 0 Å². The Morgan fingerprint density at radius 1 is 1.31 bits per heavy atom. The lowest BCUT2D eigenvalue weighted by Gasteiger charge is -2.07. The Morgan fingerprint density at radius 3 is 2.38 bits per heavy atom. The van der Waals surface area contributed by atoms with Crippen molar-refractivity contribution in [3.63, 3.8) is 0 Å². The molecule has 0 aliphatic rings. The summed E-state index contributed by atoms with van der Waals surface area (Å²) in [7, 11) is -8.21. The fourth-order valence-electron chi connectivity index (χ4n) is 0.696. The molecule has 0 fully saturated rings. The second kappa shape index (κ2) is 4.47. The van der Waals surface area contributed by atoms with Crippen LogP contribution in [0.1, 0.15) is 0 Å². The fraction of sp³-hybridized carbons (Fsp3) is 0.167. The van der Waals surface area contributed by atoms with Crippen LogP contribution in [-0.2, 0) is 21.0 Å². The molecule has 1 N–H and O–H groups in total. The van der Waals surface area contributed by atoms with E-state index in [1.54, 1.807) is 0 Å². The van der Waals surface area contributed by atoms with Crippen LogP contribution in [0.15, 0.2) is 29.4 Å². The number of halogens is 3. The first-order chi connectivity index (χ1) is 7.23. The van der Waals surface area contributed by atoms with Gasteiger partial charge in [0.1, 0.15) is 0 Å². The van der Waals surface area contributed by atoms with Gasteiger partial charge < -0.3 is 0 Å². The fourth-order valence-corrected chi connectivity index (χ4v) is 2.67. The second-order valence-electron chi connectivity index (χ2n) is 2.47. The van der Waals surface area contributed by atoms with Crippen molar-refractivity contribution in [2.45, 2.75) is 10.5 Å². The summed E-state index contributed by atoms with van der Waals surface area (Å²) >= 11 is 0. The highest BCUT2D eigenvalue weighted by Gasteiger charge is 2.40. The molecular formula is C6H5F3N2O3S2. The molecule has 10 heteroatoms. The third kappa shape index (κ3) is 3.25. The summed E-state index contributed by atoms with van der Waals surface area (Å²) in [6.07, 6.45) is 1.09. The Hall–Kier alpha value is -1.00. The van der Waals surface area contributed by atoms with Gasteiger partial charge in [0.2, 0.25) is 11.0 Å². The van der Waals surface area contributed by atoms with Gasteiger partial charge >= 0.3 is 5.51 Å². The normalized spacial score (nSPS) is 14.7. The number of rotatable bonds is 3. The van der Waals surface area contributed by atoms with Crippen LogP contribution < -0.4 is 4.13 Å². The Labute approximate surface area is 91.3 Å². The van der Waals surface area contributed by atoms with Gasteiger partial charge in [-0.05, 0) is 12.1 Å². The third-order valence-electron chi connectivity index (χ3n) is 1.31. The average molecular weight is 274 g/mol. The van der Waals surface area contributed by atoms with Crippen molar-refractivity contribution in [2.75, 3.05) is 0 Å². The molecule has 1 heterocycles. The van der Waals surface area contributed by atoms with Gasteiger partial charge in [0.15, 0.2) is 5.03 Å². The van der Waals surface area contributed by atoms with Gasteiger partial charge in [0.05, 0.1) is 0 Å². The SMILES string of the molecule is O=S(NS(=O)(=O)c1ccccn1)C(F)(F)F. The van der Waals surface area contributed by atoms with Crippen molar-refractivity contribution < 1.29 is 25.8 Å². The summed E-state index contributed by atoms with van der Waals surface area (Å²) in [4.78, 5) is 3.33. The maximum atomic E-state index is 11.8. The largest absolute Gasteiger partial charge is 0.486 e. The summed E-state index contributed by atoms with van der Waals surface area (Å²) in [5.74, 6) is 0. The molecule has 1 aromatic rings. The number of aromatic nitrogens is 1. The van der Waals surface area contributed by atoms with E-state index in [9.17, 15) is 25.8 Å². The van der Waals surface area contributed by atoms with Gasteiger partial charge in [-0.25, -0.2) is 17.6 Å². The predicted molar refractivity (Wildman–Crippen MR) is 48.8 cm³/mol. The van der Waals surface area contributed by atoms with Crippen molar-refractivity contribution >= 4 is 21.0 Å². The summed E-state index contributed by atoms with van der Waals surface area (Å²) in [5.41, 5.74) is -5.15. The lowest BCUT2D eigenvalue weighted by atomic mass is 10.5.